The molecule has 0 atom stereocenters. The van der Waals surface area contributed by atoms with Crippen LogP contribution in [0.1, 0.15) is 31.0 Å². The third-order valence-corrected chi connectivity index (χ3v) is 2.93. The van der Waals surface area contributed by atoms with Crippen LogP contribution in [0.25, 0.3) is 0 Å². The maximum absolute atomic E-state index is 8.85. The average molecular weight is 268 g/mol. The number of hydrogen-bond donors (Lipinski definition) is 1. The molecule has 0 radical (unpaired) electrons. The van der Waals surface area contributed by atoms with Gasteiger partial charge in [0.05, 0.1) is 12.8 Å². The highest BCUT2D eigenvalue weighted by Gasteiger charge is 2.08. The molecule has 2 aromatic rings. The van der Waals surface area contributed by atoms with Crippen molar-refractivity contribution >= 4 is 11.5 Å². The molecular formula is C15H16N4O. The van der Waals surface area contributed by atoms with Gasteiger partial charge in [-0.05, 0) is 23.6 Å². The van der Waals surface area contributed by atoms with E-state index in [0.717, 1.165) is 11.4 Å². The van der Waals surface area contributed by atoms with Crippen molar-refractivity contribution in [2.45, 2.75) is 19.8 Å². The highest BCUT2D eigenvalue weighted by atomic mass is 16.5. The molecule has 0 aliphatic heterocycles. The van der Waals surface area contributed by atoms with Crippen molar-refractivity contribution in [1.29, 1.82) is 5.26 Å². The van der Waals surface area contributed by atoms with Gasteiger partial charge in [0.1, 0.15) is 29.7 Å². The van der Waals surface area contributed by atoms with Crippen LogP contribution in [0.4, 0.5) is 11.5 Å². The Balaban J connectivity index is 2.36. The van der Waals surface area contributed by atoms with Crippen LogP contribution in [0, 0.1) is 11.3 Å². The Labute approximate surface area is 118 Å². The van der Waals surface area contributed by atoms with E-state index in [1.54, 1.807) is 13.2 Å². The van der Waals surface area contributed by atoms with E-state index < -0.39 is 0 Å². The molecule has 0 saturated carbocycles. The van der Waals surface area contributed by atoms with E-state index in [4.69, 9.17) is 10.00 Å². The molecule has 102 valence electrons. The van der Waals surface area contributed by atoms with Gasteiger partial charge in [-0.25, -0.2) is 9.97 Å². The first-order chi connectivity index (χ1) is 9.63. The molecule has 0 aliphatic carbocycles. The van der Waals surface area contributed by atoms with E-state index >= 15 is 0 Å². The monoisotopic (exact) mass is 268 g/mol. The standard InChI is InChI=1S/C15H16N4O/c1-10(2)11-4-5-14(20-3)13(6-11)19-15-7-12(8-16)17-9-18-15/h4-7,9-10H,1-3H3,(H,17,18,19). The molecule has 0 unspecified atom stereocenters. The van der Waals surface area contributed by atoms with Crippen molar-refractivity contribution in [2.24, 2.45) is 0 Å². The second kappa shape index (κ2) is 6.02. The molecule has 0 spiro atoms. The fourth-order valence-corrected chi connectivity index (χ4v) is 1.81. The predicted octanol–water partition coefficient (Wildman–Crippen LogP) is 3.22. The van der Waals surface area contributed by atoms with Gasteiger partial charge in [0, 0.05) is 6.07 Å². The van der Waals surface area contributed by atoms with Gasteiger partial charge in [-0.15, -0.1) is 0 Å². The van der Waals surface area contributed by atoms with Crippen LogP contribution in [0.5, 0.6) is 5.75 Å². The fourth-order valence-electron chi connectivity index (χ4n) is 1.81. The summed E-state index contributed by atoms with van der Waals surface area (Å²) in [5, 5.41) is 12.0. The molecule has 1 heterocycles. The second-order valence-electron chi connectivity index (χ2n) is 4.64. The highest BCUT2D eigenvalue weighted by Crippen LogP contribution is 2.30. The number of anilines is 2. The SMILES string of the molecule is COc1ccc(C(C)C)cc1Nc1cc(C#N)ncn1. The van der Waals surface area contributed by atoms with E-state index in [1.807, 2.05) is 24.3 Å². The lowest BCUT2D eigenvalue weighted by molar-refractivity contribution is 0.416. The zero-order chi connectivity index (χ0) is 14.5. The summed E-state index contributed by atoms with van der Waals surface area (Å²) in [7, 11) is 1.62. The molecule has 0 fully saturated rings. The molecule has 20 heavy (non-hydrogen) atoms. The van der Waals surface area contributed by atoms with Crippen LogP contribution in [0.2, 0.25) is 0 Å². The number of nitrogens with one attached hydrogen (secondary N) is 1. The second-order valence-corrected chi connectivity index (χ2v) is 4.64. The minimum Gasteiger partial charge on any atom is -0.495 e. The Kier molecular flexibility index (Phi) is 4.16. The van der Waals surface area contributed by atoms with Crippen LogP contribution in [0.3, 0.4) is 0 Å². The quantitative estimate of drug-likeness (QED) is 0.921. The molecule has 1 N–H and O–H groups in total. The van der Waals surface area contributed by atoms with Crippen molar-refractivity contribution in [2.75, 3.05) is 12.4 Å². The first kappa shape index (κ1) is 13.8. The smallest absolute Gasteiger partial charge is 0.145 e. The number of nitrogens with zero attached hydrogens (tertiary/aromatic N) is 3. The third-order valence-electron chi connectivity index (χ3n) is 2.93. The predicted molar refractivity (Wildman–Crippen MR) is 77.1 cm³/mol. The molecule has 0 saturated heterocycles. The Morgan fingerprint density at radius 2 is 2.05 bits per heavy atom. The molecule has 1 aromatic carbocycles. The van der Waals surface area contributed by atoms with Crippen molar-refractivity contribution < 1.29 is 4.74 Å². The maximum Gasteiger partial charge on any atom is 0.145 e. The van der Waals surface area contributed by atoms with Gasteiger partial charge in [0.25, 0.3) is 0 Å². The topological polar surface area (TPSA) is 70.8 Å². The molecule has 2 rings (SSSR count). The Morgan fingerprint density at radius 3 is 2.70 bits per heavy atom. The Morgan fingerprint density at radius 1 is 1.25 bits per heavy atom. The lowest BCUT2D eigenvalue weighted by Gasteiger charge is -2.14. The largest absolute Gasteiger partial charge is 0.495 e. The summed E-state index contributed by atoms with van der Waals surface area (Å²) >= 11 is 0. The van der Waals surface area contributed by atoms with E-state index in [-0.39, 0.29) is 0 Å². The lowest BCUT2D eigenvalue weighted by Crippen LogP contribution is -1.99. The van der Waals surface area contributed by atoms with E-state index in [9.17, 15) is 0 Å². The van der Waals surface area contributed by atoms with Crippen molar-refractivity contribution in [3.63, 3.8) is 0 Å². The zero-order valence-electron chi connectivity index (χ0n) is 11.7. The van der Waals surface area contributed by atoms with Gasteiger partial charge in [0.15, 0.2) is 0 Å². The minimum atomic E-state index is 0.321. The molecule has 5 nitrogen and oxygen atoms in total. The lowest BCUT2D eigenvalue weighted by atomic mass is 10.0. The van der Waals surface area contributed by atoms with E-state index in [0.29, 0.717) is 17.4 Å². The van der Waals surface area contributed by atoms with Gasteiger partial charge >= 0.3 is 0 Å². The Bertz CT molecular complexity index is 647. The molecule has 5 heteroatoms. The zero-order valence-corrected chi connectivity index (χ0v) is 11.7. The van der Waals surface area contributed by atoms with Gasteiger partial charge in [-0.2, -0.15) is 5.26 Å². The highest BCUT2D eigenvalue weighted by molar-refractivity contribution is 5.65. The summed E-state index contributed by atoms with van der Waals surface area (Å²) in [5.41, 5.74) is 2.34. The summed E-state index contributed by atoms with van der Waals surface area (Å²) in [6.07, 6.45) is 1.36. The van der Waals surface area contributed by atoms with Gasteiger partial charge < -0.3 is 10.1 Å². The number of rotatable bonds is 4. The molecule has 1 aromatic heterocycles. The molecule has 0 aliphatic rings. The van der Waals surface area contributed by atoms with E-state index in [1.165, 1.54) is 11.9 Å². The van der Waals surface area contributed by atoms with Crippen LogP contribution < -0.4 is 10.1 Å². The van der Waals surface area contributed by atoms with Gasteiger partial charge in [-0.1, -0.05) is 19.9 Å². The first-order valence-corrected chi connectivity index (χ1v) is 6.31. The molecule has 0 bridgehead atoms. The number of methoxy groups -OCH3 is 1. The molecule has 0 amide bonds. The first-order valence-electron chi connectivity index (χ1n) is 6.31. The summed E-state index contributed by atoms with van der Waals surface area (Å²) in [5.74, 6) is 1.71. The normalized spacial score (nSPS) is 10.2. The van der Waals surface area contributed by atoms with Crippen LogP contribution in [-0.4, -0.2) is 17.1 Å². The van der Waals surface area contributed by atoms with E-state index in [2.05, 4.69) is 29.1 Å². The number of ether oxygens (including phenoxy) is 1. The van der Waals surface area contributed by atoms with Gasteiger partial charge in [0.2, 0.25) is 0 Å². The number of aromatic nitrogens is 2. The third kappa shape index (κ3) is 3.04. The summed E-state index contributed by atoms with van der Waals surface area (Å²) < 4.78 is 5.34. The number of hydrogen-bond acceptors (Lipinski definition) is 5. The average Bonchev–Trinajstić information content (AvgIpc) is 2.47. The van der Waals surface area contributed by atoms with Crippen LogP contribution >= 0.6 is 0 Å². The fraction of sp³-hybridized carbons (Fsp3) is 0.267. The summed E-state index contributed by atoms with van der Waals surface area (Å²) in [6, 6.07) is 9.57. The van der Waals surface area contributed by atoms with Crippen LogP contribution in [-0.2, 0) is 0 Å². The van der Waals surface area contributed by atoms with Crippen molar-refractivity contribution in [1.82, 2.24) is 9.97 Å². The van der Waals surface area contributed by atoms with Gasteiger partial charge in [-0.3, -0.25) is 0 Å². The number of benzene rings is 1. The summed E-state index contributed by atoms with van der Waals surface area (Å²) in [4.78, 5) is 7.95. The summed E-state index contributed by atoms with van der Waals surface area (Å²) in [6.45, 7) is 4.26. The minimum absolute atomic E-state index is 0.321. The maximum atomic E-state index is 8.85. The molecular weight excluding hydrogens is 252 g/mol. The van der Waals surface area contributed by atoms with Crippen LogP contribution in [0.15, 0.2) is 30.6 Å². The van der Waals surface area contributed by atoms with Crippen molar-refractivity contribution in [3.05, 3.63) is 41.9 Å². The van der Waals surface area contributed by atoms with Crippen molar-refractivity contribution in [3.8, 4) is 11.8 Å². The Hall–Kier alpha value is -2.61. The number of nitriles is 1.